The Labute approximate surface area is 108 Å². The van der Waals surface area contributed by atoms with Gasteiger partial charge in [0.25, 0.3) is 0 Å². The molecule has 0 spiro atoms. The van der Waals surface area contributed by atoms with Crippen LogP contribution >= 0.6 is 0 Å². The van der Waals surface area contributed by atoms with E-state index in [1.165, 1.54) is 0 Å². The van der Waals surface area contributed by atoms with Crippen LogP contribution in [-0.4, -0.2) is 35.5 Å². The lowest BCUT2D eigenvalue weighted by atomic mass is 10.1. The average Bonchev–Trinajstić information content (AvgIpc) is 2.53. The van der Waals surface area contributed by atoms with Crippen LogP contribution in [0.1, 0.15) is 41.5 Å². The summed E-state index contributed by atoms with van der Waals surface area (Å²) in [7, 11) is -1.19. The lowest BCUT2D eigenvalue weighted by Gasteiger charge is -2.02. The van der Waals surface area contributed by atoms with Crippen LogP contribution in [0.3, 0.4) is 0 Å². The van der Waals surface area contributed by atoms with Crippen LogP contribution in [0, 0.1) is 13.8 Å². The van der Waals surface area contributed by atoms with E-state index < -0.39 is 9.84 Å². The highest BCUT2D eigenvalue weighted by Gasteiger charge is 2.17. The molecule has 0 aliphatic heterocycles. The number of rotatable bonds is 6. The standard InChI is InChI=1S/C12H20N2O3S/c1-5-18(16,17)8-6-7-11(15)12-9(2)13-14(4)10(12)3/h5-8H2,1-4H3. The fourth-order valence-electron chi connectivity index (χ4n) is 1.90. The molecule has 0 atom stereocenters. The van der Waals surface area contributed by atoms with E-state index in [1.807, 2.05) is 6.92 Å². The summed E-state index contributed by atoms with van der Waals surface area (Å²) in [6.45, 7) is 5.26. The number of carbonyl (C=O) groups is 1. The molecule has 0 fully saturated rings. The molecule has 18 heavy (non-hydrogen) atoms. The first-order chi connectivity index (χ1) is 8.28. The molecule has 6 heteroatoms. The predicted octanol–water partition coefficient (Wildman–Crippen LogP) is 1.43. The highest BCUT2D eigenvalue weighted by atomic mass is 32.2. The smallest absolute Gasteiger partial charge is 0.166 e. The van der Waals surface area contributed by atoms with Crippen LogP contribution in [0.25, 0.3) is 0 Å². The molecular formula is C12H20N2O3S. The van der Waals surface area contributed by atoms with Gasteiger partial charge >= 0.3 is 0 Å². The Hall–Kier alpha value is -1.17. The van der Waals surface area contributed by atoms with Crippen molar-refractivity contribution in [2.75, 3.05) is 11.5 Å². The average molecular weight is 272 g/mol. The van der Waals surface area contributed by atoms with E-state index in [2.05, 4.69) is 5.10 Å². The number of nitrogens with zero attached hydrogens (tertiary/aromatic N) is 2. The van der Waals surface area contributed by atoms with Crippen molar-refractivity contribution in [3.05, 3.63) is 17.0 Å². The molecule has 1 aromatic heterocycles. The zero-order valence-corrected chi connectivity index (χ0v) is 12.2. The van der Waals surface area contributed by atoms with Gasteiger partial charge in [-0.2, -0.15) is 5.10 Å². The number of ketones is 1. The van der Waals surface area contributed by atoms with Crippen molar-refractivity contribution in [2.24, 2.45) is 7.05 Å². The maximum Gasteiger partial charge on any atom is 0.166 e. The molecule has 1 rings (SSSR count). The molecule has 0 unspecified atom stereocenters. The molecule has 1 heterocycles. The number of Topliss-reactive ketones (excluding diaryl/α,β-unsaturated/α-hetero) is 1. The lowest BCUT2D eigenvalue weighted by molar-refractivity contribution is 0.0980. The quantitative estimate of drug-likeness (QED) is 0.735. The maximum atomic E-state index is 12.0. The second kappa shape index (κ2) is 5.65. The Morgan fingerprint density at radius 3 is 2.39 bits per heavy atom. The summed E-state index contributed by atoms with van der Waals surface area (Å²) in [6.07, 6.45) is 0.634. The third-order valence-corrected chi connectivity index (χ3v) is 4.88. The van der Waals surface area contributed by atoms with Crippen LogP contribution in [0.4, 0.5) is 0 Å². The summed E-state index contributed by atoms with van der Waals surface area (Å²) in [5.41, 5.74) is 2.17. The van der Waals surface area contributed by atoms with Gasteiger partial charge in [-0.25, -0.2) is 8.42 Å². The molecule has 0 N–H and O–H groups in total. The zero-order valence-electron chi connectivity index (χ0n) is 11.4. The third kappa shape index (κ3) is 3.41. The normalized spacial score (nSPS) is 11.8. The largest absolute Gasteiger partial charge is 0.294 e. The van der Waals surface area contributed by atoms with Gasteiger partial charge < -0.3 is 0 Å². The van der Waals surface area contributed by atoms with Gasteiger partial charge in [0.2, 0.25) is 0 Å². The minimum absolute atomic E-state index is 0.0237. The van der Waals surface area contributed by atoms with Crippen molar-refractivity contribution in [3.8, 4) is 0 Å². The summed E-state index contributed by atoms with van der Waals surface area (Å²) in [6, 6.07) is 0. The van der Waals surface area contributed by atoms with Crippen molar-refractivity contribution in [1.82, 2.24) is 9.78 Å². The van der Waals surface area contributed by atoms with Crippen LogP contribution in [-0.2, 0) is 16.9 Å². The van der Waals surface area contributed by atoms with Gasteiger partial charge in [-0.3, -0.25) is 9.48 Å². The van der Waals surface area contributed by atoms with Gasteiger partial charge in [0.05, 0.1) is 17.0 Å². The number of carbonyl (C=O) groups excluding carboxylic acids is 1. The first-order valence-electron chi connectivity index (χ1n) is 6.02. The van der Waals surface area contributed by atoms with Gasteiger partial charge in [0.15, 0.2) is 5.78 Å². The number of hydrogen-bond donors (Lipinski definition) is 0. The monoisotopic (exact) mass is 272 g/mol. The Morgan fingerprint density at radius 2 is 1.94 bits per heavy atom. The maximum absolute atomic E-state index is 12.0. The third-order valence-electron chi connectivity index (χ3n) is 3.09. The predicted molar refractivity (Wildman–Crippen MR) is 70.6 cm³/mol. The molecule has 0 aliphatic carbocycles. The van der Waals surface area contributed by atoms with Gasteiger partial charge in [0.1, 0.15) is 9.84 Å². The van der Waals surface area contributed by atoms with E-state index in [4.69, 9.17) is 0 Å². The molecule has 1 aromatic rings. The molecule has 0 aliphatic rings. The second-order valence-corrected chi connectivity index (χ2v) is 6.91. The summed E-state index contributed by atoms with van der Waals surface area (Å²) in [5, 5.41) is 4.18. The Kier molecular flexibility index (Phi) is 4.67. The van der Waals surface area contributed by atoms with Crippen LogP contribution in [0.15, 0.2) is 0 Å². The van der Waals surface area contributed by atoms with E-state index in [1.54, 1.807) is 25.6 Å². The van der Waals surface area contributed by atoms with Crippen molar-refractivity contribution < 1.29 is 13.2 Å². The van der Waals surface area contributed by atoms with Crippen molar-refractivity contribution in [2.45, 2.75) is 33.6 Å². The minimum Gasteiger partial charge on any atom is -0.294 e. The lowest BCUT2D eigenvalue weighted by Crippen LogP contribution is -2.11. The number of aryl methyl sites for hydroxylation is 2. The molecule has 0 aromatic carbocycles. The Balaban J connectivity index is 2.67. The van der Waals surface area contributed by atoms with Gasteiger partial charge in [0, 0.05) is 24.9 Å². The SMILES string of the molecule is CCS(=O)(=O)CCCC(=O)c1c(C)nn(C)c1C. The van der Waals surface area contributed by atoms with E-state index in [0.29, 0.717) is 17.7 Å². The minimum atomic E-state index is -2.99. The van der Waals surface area contributed by atoms with Crippen molar-refractivity contribution in [3.63, 3.8) is 0 Å². The first-order valence-corrected chi connectivity index (χ1v) is 7.84. The van der Waals surface area contributed by atoms with E-state index in [0.717, 1.165) is 5.69 Å². The fraction of sp³-hybridized carbons (Fsp3) is 0.667. The molecule has 0 amide bonds. The first kappa shape index (κ1) is 14.9. The Morgan fingerprint density at radius 1 is 1.33 bits per heavy atom. The van der Waals surface area contributed by atoms with Gasteiger partial charge in [-0.1, -0.05) is 6.92 Å². The molecule has 0 bridgehead atoms. The van der Waals surface area contributed by atoms with Gasteiger partial charge in [-0.05, 0) is 20.3 Å². The van der Waals surface area contributed by atoms with Crippen LogP contribution in [0.2, 0.25) is 0 Å². The summed E-state index contributed by atoms with van der Waals surface area (Å²) in [4.78, 5) is 12.0. The fourth-order valence-corrected chi connectivity index (χ4v) is 2.77. The molecule has 5 nitrogen and oxygen atoms in total. The summed E-state index contributed by atoms with van der Waals surface area (Å²) < 4.78 is 24.3. The van der Waals surface area contributed by atoms with E-state index in [-0.39, 0.29) is 23.7 Å². The summed E-state index contributed by atoms with van der Waals surface area (Å²) >= 11 is 0. The summed E-state index contributed by atoms with van der Waals surface area (Å²) in [5.74, 6) is 0.184. The van der Waals surface area contributed by atoms with Gasteiger partial charge in [-0.15, -0.1) is 0 Å². The number of hydrogen-bond acceptors (Lipinski definition) is 4. The second-order valence-electron chi connectivity index (χ2n) is 4.43. The molecule has 0 saturated carbocycles. The highest BCUT2D eigenvalue weighted by Crippen LogP contribution is 2.15. The number of sulfone groups is 1. The highest BCUT2D eigenvalue weighted by molar-refractivity contribution is 7.91. The van der Waals surface area contributed by atoms with Crippen LogP contribution < -0.4 is 0 Å². The van der Waals surface area contributed by atoms with Crippen LogP contribution in [0.5, 0.6) is 0 Å². The van der Waals surface area contributed by atoms with E-state index in [9.17, 15) is 13.2 Å². The van der Waals surface area contributed by atoms with E-state index >= 15 is 0 Å². The number of aromatic nitrogens is 2. The van der Waals surface area contributed by atoms with Crippen molar-refractivity contribution >= 4 is 15.6 Å². The molecular weight excluding hydrogens is 252 g/mol. The topological polar surface area (TPSA) is 69.0 Å². The zero-order chi connectivity index (χ0) is 13.9. The van der Waals surface area contributed by atoms with Crippen molar-refractivity contribution in [1.29, 1.82) is 0 Å². The molecule has 102 valence electrons. The Bertz CT molecular complexity index is 544. The molecule has 0 saturated heterocycles. The molecule has 0 radical (unpaired) electrons.